The van der Waals surface area contributed by atoms with Crippen LogP contribution < -0.4 is 0 Å². The van der Waals surface area contributed by atoms with Crippen molar-refractivity contribution >= 4 is 28.1 Å². The highest BCUT2D eigenvalue weighted by atomic mass is 32.1. The Morgan fingerprint density at radius 2 is 1.89 bits per heavy atom. The molecule has 0 radical (unpaired) electrons. The molecule has 0 saturated heterocycles. The summed E-state index contributed by atoms with van der Waals surface area (Å²) in [7, 11) is 0. The van der Waals surface area contributed by atoms with Gasteiger partial charge in [-0.25, -0.2) is 4.98 Å². The van der Waals surface area contributed by atoms with E-state index >= 15 is 0 Å². The monoisotopic (exact) mass is 373 g/mol. The fraction of sp³-hybridized carbons (Fsp3) is 0.136. The van der Waals surface area contributed by atoms with E-state index in [1.54, 1.807) is 23.7 Å². The zero-order valence-corrected chi connectivity index (χ0v) is 15.8. The lowest BCUT2D eigenvalue weighted by Crippen LogP contribution is -2.30. The molecular formula is C22H19N3OS. The second-order valence-corrected chi connectivity index (χ2v) is 7.24. The second-order valence-electron chi connectivity index (χ2n) is 6.21. The number of pyridine rings is 2. The van der Waals surface area contributed by atoms with Crippen molar-refractivity contribution in [3.05, 3.63) is 82.8 Å². The molecule has 1 amide bonds. The number of carbonyl (C=O) groups excluding carboxylic acids is 1. The minimum atomic E-state index is 0.0276. The van der Waals surface area contributed by atoms with Gasteiger partial charge in [0.2, 0.25) is 0 Å². The SMILES string of the molecule is CCN(Cc1cccs1)C(=O)c1cc(-c2ccncc2)nc2ccccc12. The van der Waals surface area contributed by atoms with Crippen LogP contribution in [0.4, 0.5) is 0 Å². The molecular weight excluding hydrogens is 354 g/mol. The van der Waals surface area contributed by atoms with E-state index in [4.69, 9.17) is 4.98 Å². The van der Waals surface area contributed by atoms with Gasteiger partial charge in [-0.15, -0.1) is 11.3 Å². The Labute approximate surface area is 162 Å². The van der Waals surface area contributed by atoms with Crippen LogP contribution in [-0.4, -0.2) is 27.3 Å². The summed E-state index contributed by atoms with van der Waals surface area (Å²) in [6, 6.07) is 17.6. The highest BCUT2D eigenvalue weighted by Gasteiger charge is 2.19. The van der Waals surface area contributed by atoms with Crippen LogP contribution >= 0.6 is 11.3 Å². The van der Waals surface area contributed by atoms with Crippen molar-refractivity contribution in [1.29, 1.82) is 0 Å². The summed E-state index contributed by atoms with van der Waals surface area (Å²) in [6.07, 6.45) is 3.48. The van der Waals surface area contributed by atoms with Crippen LogP contribution in [0.15, 0.2) is 72.4 Å². The van der Waals surface area contributed by atoms with Crippen LogP contribution in [0, 0.1) is 0 Å². The normalized spacial score (nSPS) is 10.9. The van der Waals surface area contributed by atoms with E-state index in [0.29, 0.717) is 18.7 Å². The lowest BCUT2D eigenvalue weighted by atomic mass is 10.0. The first-order valence-electron chi connectivity index (χ1n) is 8.88. The number of rotatable bonds is 5. The zero-order valence-electron chi connectivity index (χ0n) is 15.0. The van der Waals surface area contributed by atoms with Gasteiger partial charge in [0.1, 0.15) is 0 Å². The van der Waals surface area contributed by atoms with E-state index < -0.39 is 0 Å². The Balaban J connectivity index is 1.80. The Hall–Kier alpha value is -3.05. The lowest BCUT2D eigenvalue weighted by molar-refractivity contribution is 0.0756. The standard InChI is InChI=1S/C22H19N3OS/c1-2-25(15-17-6-5-13-27-17)22(26)19-14-21(16-9-11-23-12-10-16)24-20-8-4-3-7-18(19)20/h3-14H,2,15H2,1H3. The van der Waals surface area contributed by atoms with Crippen molar-refractivity contribution in [3.63, 3.8) is 0 Å². The van der Waals surface area contributed by atoms with Crippen molar-refractivity contribution in [3.8, 4) is 11.3 Å². The third-order valence-corrected chi connectivity index (χ3v) is 5.38. The van der Waals surface area contributed by atoms with Crippen molar-refractivity contribution in [2.45, 2.75) is 13.5 Å². The van der Waals surface area contributed by atoms with Gasteiger partial charge >= 0.3 is 0 Å². The van der Waals surface area contributed by atoms with Crippen molar-refractivity contribution in [1.82, 2.24) is 14.9 Å². The number of thiophene rings is 1. The van der Waals surface area contributed by atoms with Gasteiger partial charge in [0, 0.05) is 34.8 Å². The van der Waals surface area contributed by atoms with Gasteiger partial charge in [-0.05, 0) is 42.6 Å². The number of para-hydroxylation sites is 1. The van der Waals surface area contributed by atoms with E-state index in [0.717, 1.165) is 22.2 Å². The van der Waals surface area contributed by atoms with Gasteiger partial charge in [0.25, 0.3) is 5.91 Å². The molecule has 4 rings (SSSR count). The van der Waals surface area contributed by atoms with Gasteiger partial charge in [-0.1, -0.05) is 24.3 Å². The van der Waals surface area contributed by atoms with Crippen molar-refractivity contribution < 1.29 is 4.79 Å². The maximum Gasteiger partial charge on any atom is 0.254 e. The predicted octanol–water partition coefficient (Wildman–Crippen LogP) is 5.02. The molecule has 0 aliphatic heterocycles. The average Bonchev–Trinajstić information content (AvgIpc) is 3.24. The van der Waals surface area contributed by atoms with Gasteiger partial charge in [-0.3, -0.25) is 9.78 Å². The fourth-order valence-corrected chi connectivity index (χ4v) is 3.83. The third kappa shape index (κ3) is 3.59. The number of hydrogen-bond acceptors (Lipinski definition) is 4. The van der Waals surface area contributed by atoms with Crippen LogP contribution in [0.2, 0.25) is 0 Å². The van der Waals surface area contributed by atoms with E-state index in [1.807, 2.05) is 65.7 Å². The van der Waals surface area contributed by atoms with E-state index in [2.05, 4.69) is 11.1 Å². The molecule has 134 valence electrons. The van der Waals surface area contributed by atoms with Crippen LogP contribution in [0.3, 0.4) is 0 Å². The molecule has 0 aliphatic rings. The Bertz CT molecular complexity index is 1060. The van der Waals surface area contributed by atoms with Crippen LogP contribution in [0.5, 0.6) is 0 Å². The van der Waals surface area contributed by atoms with Gasteiger partial charge in [0.15, 0.2) is 0 Å². The average molecular weight is 373 g/mol. The van der Waals surface area contributed by atoms with Gasteiger partial charge in [-0.2, -0.15) is 0 Å². The summed E-state index contributed by atoms with van der Waals surface area (Å²) in [5, 5.41) is 2.92. The molecule has 5 heteroatoms. The topological polar surface area (TPSA) is 46.1 Å². The number of hydrogen-bond donors (Lipinski definition) is 0. The number of amides is 1. The number of fused-ring (bicyclic) bond motifs is 1. The molecule has 0 unspecified atom stereocenters. The molecule has 4 nitrogen and oxygen atoms in total. The summed E-state index contributed by atoms with van der Waals surface area (Å²) >= 11 is 1.67. The largest absolute Gasteiger partial charge is 0.334 e. The number of nitrogens with zero attached hydrogens (tertiary/aromatic N) is 3. The molecule has 4 aromatic rings. The molecule has 0 bridgehead atoms. The van der Waals surface area contributed by atoms with Gasteiger partial charge in [0.05, 0.1) is 23.3 Å². The lowest BCUT2D eigenvalue weighted by Gasteiger charge is -2.21. The summed E-state index contributed by atoms with van der Waals surface area (Å²) in [5.41, 5.74) is 3.24. The van der Waals surface area contributed by atoms with Crippen LogP contribution in [0.25, 0.3) is 22.2 Å². The second kappa shape index (κ2) is 7.68. The van der Waals surface area contributed by atoms with Crippen molar-refractivity contribution in [2.75, 3.05) is 6.54 Å². The van der Waals surface area contributed by atoms with Crippen LogP contribution in [0.1, 0.15) is 22.2 Å². The smallest absolute Gasteiger partial charge is 0.254 e. The Morgan fingerprint density at radius 1 is 1.07 bits per heavy atom. The third-order valence-electron chi connectivity index (χ3n) is 4.52. The van der Waals surface area contributed by atoms with Gasteiger partial charge < -0.3 is 4.90 Å². The molecule has 0 spiro atoms. The Morgan fingerprint density at radius 3 is 2.63 bits per heavy atom. The molecule has 0 saturated carbocycles. The molecule has 3 heterocycles. The first-order valence-corrected chi connectivity index (χ1v) is 9.76. The zero-order chi connectivity index (χ0) is 18.6. The fourth-order valence-electron chi connectivity index (χ4n) is 3.11. The highest BCUT2D eigenvalue weighted by Crippen LogP contribution is 2.26. The van der Waals surface area contributed by atoms with E-state index in [9.17, 15) is 4.79 Å². The molecule has 0 aliphatic carbocycles. The number of carbonyl (C=O) groups is 1. The van der Waals surface area contributed by atoms with Crippen LogP contribution in [-0.2, 0) is 6.54 Å². The molecule has 3 aromatic heterocycles. The molecule has 1 aromatic carbocycles. The number of benzene rings is 1. The number of aromatic nitrogens is 2. The summed E-state index contributed by atoms with van der Waals surface area (Å²) in [5.74, 6) is 0.0276. The predicted molar refractivity (Wildman–Crippen MR) is 110 cm³/mol. The maximum atomic E-state index is 13.4. The molecule has 27 heavy (non-hydrogen) atoms. The van der Waals surface area contributed by atoms with Crippen molar-refractivity contribution in [2.24, 2.45) is 0 Å². The molecule has 0 fully saturated rings. The quantitative estimate of drug-likeness (QED) is 0.493. The van der Waals surface area contributed by atoms with E-state index in [-0.39, 0.29) is 5.91 Å². The Kier molecular flexibility index (Phi) is 4.94. The maximum absolute atomic E-state index is 13.4. The first-order chi connectivity index (χ1) is 13.3. The summed E-state index contributed by atoms with van der Waals surface area (Å²) in [6.45, 7) is 3.28. The molecule has 0 atom stereocenters. The first kappa shape index (κ1) is 17.4. The summed E-state index contributed by atoms with van der Waals surface area (Å²) < 4.78 is 0. The minimum Gasteiger partial charge on any atom is -0.334 e. The van der Waals surface area contributed by atoms with E-state index in [1.165, 1.54) is 4.88 Å². The minimum absolute atomic E-state index is 0.0276. The summed E-state index contributed by atoms with van der Waals surface area (Å²) in [4.78, 5) is 25.3. The highest BCUT2D eigenvalue weighted by molar-refractivity contribution is 7.09. The molecule has 0 N–H and O–H groups in total.